The Morgan fingerprint density at radius 3 is 2.71 bits per heavy atom. The fourth-order valence-electron chi connectivity index (χ4n) is 3.24. The van der Waals surface area contributed by atoms with Gasteiger partial charge in [-0.3, -0.25) is 0 Å². The van der Waals surface area contributed by atoms with Crippen molar-refractivity contribution in [3.05, 3.63) is 47.8 Å². The summed E-state index contributed by atoms with van der Waals surface area (Å²) >= 11 is 0. The van der Waals surface area contributed by atoms with Gasteiger partial charge in [-0.05, 0) is 41.9 Å². The van der Waals surface area contributed by atoms with Gasteiger partial charge in [-0.25, -0.2) is 18.1 Å². The molecule has 0 bridgehead atoms. The number of pyridine rings is 1. The van der Waals surface area contributed by atoms with Gasteiger partial charge in [0.05, 0.1) is 4.90 Å². The Labute approximate surface area is 140 Å². The summed E-state index contributed by atoms with van der Waals surface area (Å²) in [5.41, 5.74) is 5.41. The standard InChI is InChI=1S/C17H18N4O2S/c1-18-24(22,23)12-4-2-11(3-5-12)13-6-9-20-17-16(13)14-10-19-8-7-15(14)21-17/h2-6,9,18-19H,7-8,10H2,1H3,(H,20,21). The Balaban J connectivity index is 1.86. The second-order valence-electron chi connectivity index (χ2n) is 5.82. The van der Waals surface area contributed by atoms with Crippen LogP contribution in [0.2, 0.25) is 0 Å². The molecule has 7 heteroatoms. The third kappa shape index (κ3) is 2.41. The summed E-state index contributed by atoms with van der Waals surface area (Å²) < 4.78 is 26.1. The number of sulfonamides is 1. The normalized spacial score (nSPS) is 14.7. The summed E-state index contributed by atoms with van der Waals surface area (Å²) in [6.07, 6.45) is 2.75. The van der Waals surface area contributed by atoms with Crippen molar-refractivity contribution in [3.8, 4) is 11.1 Å². The van der Waals surface area contributed by atoms with Crippen LogP contribution in [-0.2, 0) is 23.0 Å². The molecule has 24 heavy (non-hydrogen) atoms. The van der Waals surface area contributed by atoms with E-state index in [1.807, 2.05) is 18.2 Å². The lowest BCUT2D eigenvalue weighted by molar-refractivity contribution is 0.588. The van der Waals surface area contributed by atoms with Crippen molar-refractivity contribution in [2.24, 2.45) is 0 Å². The van der Waals surface area contributed by atoms with Crippen LogP contribution in [0.25, 0.3) is 22.2 Å². The van der Waals surface area contributed by atoms with Crippen LogP contribution in [0.4, 0.5) is 0 Å². The van der Waals surface area contributed by atoms with E-state index in [9.17, 15) is 8.42 Å². The van der Waals surface area contributed by atoms with E-state index in [-0.39, 0.29) is 4.90 Å². The number of aromatic amines is 1. The van der Waals surface area contributed by atoms with E-state index in [1.165, 1.54) is 18.3 Å². The monoisotopic (exact) mass is 342 g/mol. The summed E-state index contributed by atoms with van der Waals surface area (Å²) in [6, 6.07) is 8.92. The first-order valence-electron chi connectivity index (χ1n) is 7.83. The van der Waals surface area contributed by atoms with Gasteiger partial charge in [0.25, 0.3) is 0 Å². The Kier molecular flexibility index (Phi) is 3.64. The fraction of sp³-hybridized carbons (Fsp3) is 0.235. The van der Waals surface area contributed by atoms with E-state index in [0.29, 0.717) is 0 Å². The average molecular weight is 342 g/mol. The number of aromatic nitrogens is 2. The summed E-state index contributed by atoms with van der Waals surface area (Å²) in [7, 11) is -2.01. The highest BCUT2D eigenvalue weighted by molar-refractivity contribution is 7.89. The molecule has 0 fully saturated rings. The van der Waals surface area contributed by atoms with Crippen LogP contribution in [0.3, 0.4) is 0 Å². The first-order chi connectivity index (χ1) is 11.6. The molecule has 1 aliphatic rings. The Morgan fingerprint density at radius 2 is 1.96 bits per heavy atom. The summed E-state index contributed by atoms with van der Waals surface area (Å²) in [6.45, 7) is 1.78. The molecule has 0 amide bonds. The average Bonchev–Trinajstić information content (AvgIpc) is 3.00. The number of rotatable bonds is 3. The third-order valence-electron chi connectivity index (χ3n) is 4.48. The molecule has 3 heterocycles. The second kappa shape index (κ2) is 5.70. The van der Waals surface area contributed by atoms with Gasteiger partial charge in [0.1, 0.15) is 5.65 Å². The van der Waals surface area contributed by atoms with Crippen LogP contribution in [0.5, 0.6) is 0 Å². The SMILES string of the molecule is CNS(=O)(=O)c1ccc(-c2ccnc3[nH]c4c(c23)CNCC4)cc1. The van der Waals surface area contributed by atoms with Crippen LogP contribution >= 0.6 is 0 Å². The van der Waals surface area contributed by atoms with Crippen molar-refractivity contribution in [1.82, 2.24) is 20.0 Å². The lowest BCUT2D eigenvalue weighted by Gasteiger charge is -2.14. The molecule has 1 aromatic carbocycles. The van der Waals surface area contributed by atoms with Crippen LogP contribution in [0, 0.1) is 0 Å². The molecular formula is C17H18N4O2S. The molecule has 4 rings (SSSR count). The number of hydrogen-bond acceptors (Lipinski definition) is 4. The number of hydrogen-bond donors (Lipinski definition) is 3. The molecule has 0 radical (unpaired) electrons. The van der Waals surface area contributed by atoms with Crippen molar-refractivity contribution >= 4 is 21.1 Å². The van der Waals surface area contributed by atoms with E-state index in [4.69, 9.17) is 0 Å². The lowest BCUT2D eigenvalue weighted by Crippen LogP contribution is -2.23. The third-order valence-corrected chi connectivity index (χ3v) is 5.91. The first kappa shape index (κ1) is 15.3. The highest BCUT2D eigenvalue weighted by Crippen LogP contribution is 2.33. The van der Waals surface area contributed by atoms with Crippen molar-refractivity contribution in [3.63, 3.8) is 0 Å². The summed E-state index contributed by atoms with van der Waals surface area (Å²) in [5.74, 6) is 0. The fourth-order valence-corrected chi connectivity index (χ4v) is 3.97. The maximum atomic E-state index is 11.9. The maximum Gasteiger partial charge on any atom is 0.240 e. The highest BCUT2D eigenvalue weighted by Gasteiger charge is 2.19. The number of fused-ring (bicyclic) bond motifs is 3. The zero-order chi connectivity index (χ0) is 16.7. The zero-order valence-electron chi connectivity index (χ0n) is 13.3. The Bertz CT molecular complexity index is 1010. The van der Waals surface area contributed by atoms with E-state index in [2.05, 4.69) is 20.0 Å². The van der Waals surface area contributed by atoms with Crippen molar-refractivity contribution in [2.45, 2.75) is 17.9 Å². The maximum absolute atomic E-state index is 11.9. The van der Waals surface area contributed by atoms with Gasteiger partial charge in [0, 0.05) is 36.8 Å². The molecule has 0 unspecified atom stereocenters. The van der Waals surface area contributed by atoms with Gasteiger partial charge in [-0.1, -0.05) is 12.1 Å². The van der Waals surface area contributed by atoms with Crippen LogP contribution < -0.4 is 10.0 Å². The van der Waals surface area contributed by atoms with Crippen LogP contribution in [0.1, 0.15) is 11.3 Å². The second-order valence-corrected chi connectivity index (χ2v) is 7.71. The molecule has 2 aromatic heterocycles. The molecule has 3 aromatic rings. The number of H-pyrrole nitrogens is 1. The smallest absolute Gasteiger partial charge is 0.240 e. The molecule has 0 spiro atoms. The Morgan fingerprint density at radius 1 is 1.17 bits per heavy atom. The molecule has 0 saturated carbocycles. The molecule has 124 valence electrons. The van der Waals surface area contributed by atoms with Gasteiger partial charge in [0.2, 0.25) is 10.0 Å². The van der Waals surface area contributed by atoms with Crippen LogP contribution in [-0.4, -0.2) is 32.0 Å². The number of nitrogens with one attached hydrogen (secondary N) is 3. The quantitative estimate of drug-likeness (QED) is 0.677. The van der Waals surface area contributed by atoms with Gasteiger partial charge in [-0.15, -0.1) is 0 Å². The minimum Gasteiger partial charge on any atom is -0.343 e. The van der Waals surface area contributed by atoms with Gasteiger partial charge in [-0.2, -0.15) is 0 Å². The topological polar surface area (TPSA) is 86.9 Å². The minimum absolute atomic E-state index is 0.261. The molecule has 0 atom stereocenters. The molecule has 0 saturated heterocycles. The number of benzene rings is 1. The molecule has 1 aliphatic heterocycles. The molecule has 3 N–H and O–H groups in total. The molecule has 6 nitrogen and oxygen atoms in total. The zero-order valence-corrected chi connectivity index (χ0v) is 14.1. The highest BCUT2D eigenvalue weighted by atomic mass is 32.2. The first-order valence-corrected chi connectivity index (χ1v) is 9.31. The Hall–Kier alpha value is -2.22. The van der Waals surface area contributed by atoms with Crippen LogP contribution in [0.15, 0.2) is 41.4 Å². The van der Waals surface area contributed by atoms with Crippen molar-refractivity contribution < 1.29 is 8.42 Å². The van der Waals surface area contributed by atoms with Gasteiger partial charge >= 0.3 is 0 Å². The summed E-state index contributed by atoms with van der Waals surface area (Å²) in [5, 5.41) is 4.51. The van der Waals surface area contributed by atoms with Crippen molar-refractivity contribution in [2.75, 3.05) is 13.6 Å². The van der Waals surface area contributed by atoms with Gasteiger partial charge < -0.3 is 10.3 Å². The number of nitrogens with zero attached hydrogens (tertiary/aromatic N) is 1. The van der Waals surface area contributed by atoms with E-state index >= 15 is 0 Å². The largest absolute Gasteiger partial charge is 0.343 e. The predicted octanol–water partition coefficient (Wildman–Crippen LogP) is 1.78. The van der Waals surface area contributed by atoms with Gasteiger partial charge in [0.15, 0.2) is 0 Å². The van der Waals surface area contributed by atoms with E-state index in [1.54, 1.807) is 18.3 Å². The predicted molar refractivity (Wildman–Crippen MR) is 93.2 cm³/mol. The summed E-state index contributed by atoms with van der Waals surface area (Å²) in [4.78, 5) is 8.13. The molecule has 0 aliphatic carbocycles. The van der Waals surface area contributed by atoms with E-state index < -0.39 is 10.0 Å². The van der Waals surface area contributed by atoms with Crippen molar-refractivity contribution in [1.29, 1.82) is 0 Å². The molecular weight excluding hydrogens is 324 g/mol. The minimum atomic E-state index is -3.42. The lowest BCUT2D eigenvalue weighted by atomic mass is 9.98. The van der Waals surface area contributed by atoms with E-state index in [0.717, 1.165) is 41.7 Å².